The van der Waals surface area contributed by atoms with E-state index in [2.05, 4.69) is 34.2 Å². The fourth-order valence-corrected chi connectivity index (χ4v) is 3.27. The number of hydrogen-bond donors (Lipinski definition) is 1. The van der Waals surface area contributed by atoms with Crippen molar-refractivity contribution in [2.45, 2.75) is 25.9 Å². The van der Waals surface area contributed by atoms with Crippen LogP contribution in [-0.4, -0.2) is 41.6 Å². The van der Waals surface area contributed by atoms with Crippen molar-refractivity contribution < 1.29 is 0 Å². The molecule has 0 spiro atoms. The number of thioether (sulfide) groups is 1. The van der Waals surface area contributed by atoms with Crippen LogP contribution < -0.4 is 10.2 Å². The van der Waals surface area contributed by atoms with Gasteiger partial charge in [-0.2, -0.15) is 11.8 Å². The van der Waals surface area contributed by atoms with Crippen LogP contribution in [0.1, 0.15) is 17.7 Å². The third kappa shape index (κ3) is 2.90. The first kappa shape index (κ1) is 12.6. The Hall–Kier alpha value is -0.810. The summed E-state index contributed by atoms with van der Waals surface area (Å²) in [5.74, 6) is 3.30. The Balaban J connectivity index is 2.12. The van der Waals surface area contributed by atoms with E-state index in [1.54, 1.807) is 0 Å². The summed E-state index contributed by atoms with van der Waals surface area (Å²) in [6, 6.07) is 0.592. The van der Waals surface area contributed by atoms with Crippen molar-refractivity contribution in [1.29, 1.82) is 0 Å². The van der Waals surface area contributed by atoms with Gasteiger partial charge in [0.15, 0.2) is 0 Å². The highest BCUT2D eigenvalue weighted by Crippen LogP contribution is 2.24. The molecular formula is C12H20N4S. The number of anilines is 1. The zero-order chi connectivity index (χ0) is 12.3. The van der Waals surface area contributed by atoms with E-state index in [9.17, 15) is 0 Å². The van der Waals surface area contributed by atoms with Crippen molar-refractivity contribution in [1.82, 2.24) is 15.3 Å². The van der Waals surface area contributed by atoms with E-state index < -0.39 is 0 Å². The van der Waals surface area contributed by atoms with Gasteiger partial charge in [-0.15, -0.1) is 0 Å². The molecule has 5 heteroatoms. The second-order valence-corrected chi connectivity index (χ2v) is 5.59. The molecule has 1 unspecified atom stereocenters. The lowest BCUT2D eigenvalue weighted by molar-refractivity contribution is 0.677. The molecule has 0 aliphatic carbocycles. The fraction of sp³-hybridized carbons (Fsp3) is 0.667. The lowest BCUT2D eigenvalue weighted by Crippen LogP contribution is -2.33. The molecule has 1 fully saturated rings. The van der Waals surface area contributed by atoms with Gasteiger partial charge < -0.3 is 10.2 Å². The van der Waals surface area contributed by atoms with Crippen molar-refractivity contribution >= 4 is 17.7 Å². The minimum atomic E-state index is 0.592. The molecule has 2 rings (SSSR count). The summed E-state index contributed by atoms with van der Waals surface area (Å²) in [7, 11) is 4.04. The first-order valence-corrected chi connectivity index (χ1v) is 7.15. The zero-order valence-electron chi connectivity index (χ0n) is 10.7. The lowest BCUT2D eigenvalue weighted by Gasteiger charge is -2.24. The topological polar surface area (TPSA) is 41.1 Å². The highest BCUT2D eigenvalue weighted by molar-refractivity contribution is 7.99. The maximum Gasteiger partial charge on any atom is 0.225 e. The fourth-order valence-electron chi connectivity index (χ4n) is 2.00. The monoisotopic (exact) mass is 252 g/mol. The summed E-state index contributed by atoms with van der Waals surface area (Å²) in [4.78, 5) is 11.3. The van der Waals surface area contributed by atoms with E-state index >= 15 is 0 Å². The SMILES string of the molecule is CNCc1cnc(N(C)C2CCSC2)nc1C. The molecule has 94 valence electrons. The Morgan fingerprint density at radius 2 is 2.41 bits per heavy atom. The largest absolute Gasteiger partial charge is 0.340 e. The molecule has 0 amide bonds. The maximum atomic E-state index is 4.60. The summed E-state index contributed by atoms with van der Waals surface area (Å²) in [5.41, 5.74) is 2.24. The molecule has 1 saturated heterocycles. The molecule has 0 radical (unpaired) electrons. The summed E-state index contributed by atoms with van der Waals surface area (Å²) < 4.78 is 0. The number of aryl methyl sites for hydroxylation is 1. The predicted octanol–water partition coefficient (Wildman–Crippen LogP) is 1.45. The number of aromatic nitrogens is 2. The Morgan fingerprint density at radius 1 is 1.59 bits per heavy atom. The van der Waals surface area contributed by atoms with Crippen LogP contribution in [-0.2, 0) is 6.54 Å². The first-order valence-electron chi connectivity index (χ1n) is 6.00. The molecule has 0 aromatic carbocycles. The van der Waals surface area contributed by atoms with Crippen LogP contribution in [0.15, 0.2) is 6.20 Å². The van der Waals surface area contributed by atoms with Gasteiger partial charge >= 0.3 is 0 Å². The summed E-state index contributed by atoms with van der Waals surface area (Å²) in [5, 5.41) is 3.13. The van der Waals surface area contributed by atoms with Gasteiger partial charge in [-0.3, -0.25) is 0 Å². The quantitative estimate of drug-likeness (QED) is 0.878. The van der Waals surface area contributed by atoms with E-state index in [0.717, 1.165) is 18.2 Å². The Morgan fingerprint density at radius 3 is 3.00 bits per heavy atom. The number of hydrogen-bond acceptors (Lipinski definition) is 5. The van der Waals surface area contributed by atoms with Crippen molar-refractivity contribution in [3.63, 3.8) is 0 Å². The second kappa shape index (κ2) is 5.69. The number of nitrogens with one attached hydrogen (secondary N) is 1. The molecule has 1 aromatic heterocycles. The minimum Gasteiger partial charge on any atom is -0.340 e. The second-order valence-electron chi connectivity index (χ2n) is 4.44. The molecule has 4 nitrogen and oxygen atoms in total. The average Bonchev–Trinajstić information content (AvgIpc) is 2.84. The van der Waals surface area contributed by atoms with E-state index in [1.807, 2.05) is 25.0 Å². The van der Waals surface area contributed by atoms with Gasteiger partial charge in [0, 0.05) is 42.8 Å². The Kier molecular flexibility index (Phi) is 4.23. The molecule has 1 aliphatic rings. The van der Waals surface area contributed by atoms with Gasteiger partial charge in [0.1, 0.15) is 0 Å². The van der Waals surface area contributed by atoms with Crippen LogP contribution >= 0.6 is 11.8 Å². The molecule has 1 atom stereocenters. The van der Waals surface area contributed by atoms with E-state index in [1.165, 1.54) is 23.5 Å². The van der Waals surface area contributed by atoms with Gasteiger partial charge in [-0.05, 0) is 26.1 Å². The van der Waals surface area contributed by atoms with Gasteiger partial charge in [0.2, 0.25) is 5.95 Å². The van der Waals surface area contributed by atoms with Crippen molar-refractivity contribution in [3.05, 3.63) is 17.5 Å². The van der Waals surface area contributed by atoms with Crippen molar-refractivity contribution in [2.75, 3.05) is 30.5 Å². The molecule has 1 aromatic rings. The molecule has 0 bridgehead atoms. The molecular weight excluding hydrogens is 232 g/mol. The van der Waals surface area contributed by atoms with Crippen LogP contribution in [0.3, 0.4) is 0 Å². The average molecular weight is 252 g/mol. The highest BCUT2D eigenvalue weighted by atomic mass is 32.2. The molecule has 1 N–H and O–H groups in total. The van der Waals surface area contributed by atoms with Crippen LogP contribution in [0.5, 0.6) is 0 Å². The minimum absolute atomic E-state index is 0.592. The van der Waals surface area contributed by atoms with Crippen LogP contribution in [0, 0.1) is 6.92 Å². The molecule has 0 saturated carbocycles. The molecule has 1 aliphatic heterocycles. The predicted molar refractivity (Wildman–Crippen MR) is 73.7 cm³/mol. The summed E-state index contributed by atoms with van der Waals surface area (Å²) in [6.07, 6.45) is 3.18. The number of nitrogens with zero attached hydrogens (tertiary/aromatic N) is 3. The van der Waals surface area contributed by atoms with Crippen molar-refractivity contribution in [3.8, 4) is 0 Å². The van der Waals surface area contributed by atoms with E-state index in [0.29, 0.717) is 6.04 Å². The first-order chi connectivity index (χ1) is 8.22. The summed E-state index contributed by atoms with van der Waals surface area (Å²) in [6.45, 7) is 2.88. The third-order valence-corrected chi connectivity index (χ3v) is 4.35. The number of rotatable bonds is 4. The molecule has 17 heavy (non-hydrogen) atoms. The van der Waals surface area contributed by atoms with E-state index in [-0.39, 0.29) is 0 Å². The maximum absolute atomic E-state index is 4.60. The Labute approximate surface area is 107 Å². The van der Waals surface area contributed by atoms with Crippen LogP contribution in [0.4, 0.5) is 5.95 Å². The zero-order valence-corrected chi connectivity index (χ0v) is 11.5. The normalized spacial score (nSPS) is 19.6. The van der Waals surface area contributed by atoms with Gasteiger partial charge in [0.25, 0.3) is 0 Å². The lowest BCUT2D eigenvalue weighted by atomic mass is 10.2. The van der Waals surface area contributed by atoms with Gasteiger partial charge in [-0.25, -0.2) is 9.97 Å². The standard InChI is InChI=1S/C12H20N4S/c1-9-10(6-13-2)7-14-12(15-9)16(3)11-4-5-17-8-11/h7,11,13H,4-6,8H2,1-3H3. The smallest absolute Gasteiger partial charge is 0.225 e. The van der Waals surface area contributed by atoms with Crippen LogP contribution in [0.2, 0.25) is 0 Å². The summed E-state index contributed by atoms with van der Waals surface area (Å²) >= 11 is 2.01. The highest BCUT2D eigenvalue weighted by Gasteiger charge is 2.22. The van der Waals surface area contributed by atoms with Gasteiger partial charge in [-0.1, -0.05) is 0 Å². The van der Waals surface area contributed by atoms with E-state index in [4.69, 9.17) is 0 Å². The van der Waals surface area contributed by atoms with Gasteiger partial charge in [0.05, 0.1) is 0 Å². The van der Waals surface area contributed by atoms with Crippen molar-refractivity contribution in [2.24, 2.45) is 0 Å². The molecule has 2 heterocycles. The Bertz CT molecular complexity index is 377. The van der Waals surface area contributed by atoms with Crippen LogP contribution in [0.25, 0.3) is 0 Å². The third-order valence-electron chi connectivity index (χ3n) is 3.20.